The number of anilines is 1. The zero-order valence-corrected chi connectivity index (χ0v) is 18.4. The van der Waals surface area contributed by atoms with Crippen molar-refractivity contribution in [1.82, 2.24) is 24.7 Å². The number of hydrogen-bond acceptors (Lipinski definition) is 7. The number of aromatic nitrogens is 5. The van der Waals surface area contributed by atoms with Gasteiger partial charge in [0, 0.05) is 23.1 Å². The Kier molecular flexibility index (Phi) is 4.86. The third-order valence-corrected chi connectivity index (χ3v) is 6.50. The fourth-order valence-corrected chi connectivity index (χ4v) is 4.98. The van der Waals surface area contributed by atoms with Gasteiger partial charge in [-0.05, 0) is 31.1 Å². The van der Waals surface area contributed by atoms with Crippen molar-refractivity contribution >= 4 is 40.4 Å². The number of nitrogen functional groups attached to an aromatic ring is 1. The molecule has 0 saturated heterocycles. The molecule has 1 aromatic carbocycles. The highest BCUT2D eigenvalue weighted by molar-refractivity contribution is 7.99. The summed E-state index contributed by atoms with van der Waals surface area (Å²) in [6, 6.07) is 10.3. The lowest BCUT2D eigenvalue weighted by Crippen LogP contribution is -2.09. The Morgan fingerprint density at radius 2 is 1.97 bits per heavy atom. The van der Waals surface area contributed by atoms with Crippen molar-refractivity contribution < 1.29 is 4.74 Å². The molecular formula is C23H22N6OS. The van der Waals surface area contributed by atoms with Crippen LogP contribution in [0.25, 0.3) is 22.7 Å². The Hall–Kier alpha value is -3.39. The second-order valence-electron chi connectivity index (χ2n) is 7.50. The summed E-state index contributed by atoms with van der Waals surface area (Å²) in [5.41, 5.74) is 12.9. The molecule has 8 heteroatoms. The molecule has 156 valence electrons. The van der Waals surface area contributed by atoms with Crippen molar-refractivity contribution in [3.05, 3.63) is 64.6 Å². The van der Waals surface area contributed by atoms with Gasteiger partial charge < -0.3 is 10.5 Å². The maximum Gasteiger partial charge on any atom is 0.223 e. The number of ether oxygens (including phenoxy) is 1. The number of nitrogens with two attached hydrogens (primary N) is 1. The molecule has 31 heavy (non-hydrogen) atoms. The minimum absolute atomic E-state index is 0.247. The normalized spacial score (nSPS) is 13.2. The second-order valence-corrected chi connectivity index (χ2v) is 8.46. The lowest BCUT2D eigenvalue weighted by Gasteiger charge is -2.12. The topological polar surface area (TPSA) is 91.7 Å². The molecule has 2 N–H and O–H groups in total. The first-order chi connectivity index (χ1) is 15.0. The number of rotatable bonds is 4. The highest BCUT2D eigenvalue weighted by Crippen LogP contribution is 2.37. The van der Waals surface area contributed by atoms with E-state index >= 15 is 0 Å². The van der Waals surface area contributed by atoms with Gasteiger partial charge in [-0.1, -0.05) is 30.3 Å². The van der Waals surface area contributed by atoms with Gasteiger partial charge in [-0.2, -0.15) is 10.1 Å². The molecule has 0 amide bonds. The van der Waals surface area contributed by atoms with Crippen molar-refractivity contribution in [3.8, 4) is 5.75 Å². The van der Waals surface area contributed by atoms with Crippen molar-refractivity contribution in [2.24, 2.45) is 0 Å². The summed E-state index contributed by atoms with van der Waals surface area (Å²) >= 11 is 1.66. The molecule has 1 aliphatic rings. The first-order valence-corrected chi connectivity index (χ1v) is 11.0. The summed E-state index contributed by atoms with van der Waals surface area (Å²) in [6.07, 6.45) is 3.96. The van der Waals surface area contributed by atoms with Crippen LogP contribution in [0.3, 0.4) is 0 Å². The van der Waals surface area contributed by atoms with Gasteiger partial charge in [0.15, 0.2) is 5.65 Å². The van der Waals surface area contributed by atoms with Gasteiger partial charge >= 0.3 is 0 Å². The number of hydrogen-bond donors (Lipinski definition) is 1. The predicted octanol–water partition coefficient (Wildman–Crippen LogP) is 4.12. The second kappa shape index (κ2) is 7.70. The van der Waals surface area contributed by atoms with E-state index in [9.17, 15) is 0 Å². The molecule has 4 heterocycles. The summed E-state index contributed by atoms with van der Waals surface area (Å²) in [7, 11) is 1.68. The van der Waals surface area contributed by atoms with E-state index in [1.807, 2.05) is 42.9 Å². The lowest BCUT2D eigenvalue weighted by atomic mass is 10.1. The van der Waals surface area contributed by atoms with Gasteiger partial charge in [0.2, 0.25) is 5.95 Å². The Morgan fingerprint density at radius 3 is 2.74 bits per heavy atom. The van der Waals surface area contributed by atoms with Gasteiger partial charge in [-0.3, -0.25) is 4.98 Å². The number of benzene rings is 1. The van der Waals surface area contributed by atoms with Gasteiger partial charge in [0.05, 0.1) is 30.4 Å². The highest BCUT2D eigenvalue weighted by Gasteiger charge is 2.22. The molecule has 0 unspecified atom stereocenters. The van der Waals surface area contributed by atoms with Crippen LogP contribution in [0.4, 0.5) is 5.95 Å². The number of methoxy groups -OCH3 is 1. The van der Waals surface area contributed by atoms with Crippen LogP contribution in [0, 0.1) is 13.8 Å². The summed E-state index contributed by atoms with van der Waals surface area (Å²) in [6.45, 7) is 4.47. The molecule has 0 fully saturated rings. The molecule has 0 radical (unpaired) electrons. The summed E-state index contributed by atoms with van der Waals surface area (Å²) in [5.74, 6) is 1.89. The monoisotopic (exact) mass is 430 g/mol. The molecule has 5 rings (SSSR count). The van der Waals surface area contributed by atoms with Crippen LogP contribution in [0.1, 0.15) is 28.1 Å². The van der Waals surface area contributed by atoms with Crippen molar-refractivity contribution in [3.63, 3.8) is 0 Å². The number of thioether (sulfide) groups is 1. The molecule has 0 bridgehead atoms. The summed E-state index contributed by atoms with van der Waals surface area (Å²) in [4.78, 5) is 13.7. The smallest absolute Gasteiger partial charge is 0.223 e. The third-order valence-electron chi connectivity index (χ3n) is 5.47. The molecule has 3 aromatic heterocycles. The van der Waals surface area contributed by atoms with Crippen LogP contribution < -0.4 is 10.5 Å². The molecule has 0 saturated carbocycles. The van der Waals surface area contributed by atoms with Crippen LogP contribution in [-0.2, 0) is 6.54 Å². The molecule has 0 spiro atoms. The van der Waals surface area contributed by atoms with E-state index in [-0.39, 0.29) is 5.95 Å². The molecule has 0 atom stereocenters. The van der Waals surface area contributed by atoms with Gasteiger partial charge in [-0.15, -0.1) is 11.8 Å². The minimum atomic E-state index is 0.247. The number of aryl methyl sites for hydroxylation is 1. The molecule has 7 nitrogen and oxygen atoms in total. The Labute approximate surface area is 184 Å². The van der Waals surface area contributed by atoms with Gasteiger partial charge in [-0.25, -0.2) is 9.67 Å². The standard InChI is InChI=1S/C23H22N6OS/c1-13-10-25-18(14(2)20(13)30-3)11-29-21-19-17(28-29)9-16(15-7-5-4-6-8-15)12-31-22(19)27-23(24)26-21/h4-10H,11-12H2,1-3H3,(H2,24,26,27). The van der Waals surface area contributed by atoms with E-state index in [4.69, 9.17) is 15.6 Å². The number of nitrogens with zero attached hydrogens (tertiary/aromatic N) is 5. The zero-order chi connectivity index (χ0) is 21.5. The van der Waals surface area contributed by atoms with Crippen LogP contribution in [0.15, 0.2) is 41.6 Å². The third kappa shape index (κ3) is 3.42. The van der Waals surface area contributed by atoms with E-state index in [0.29, 0.717) is 6.54 Å². The minimum Gasteiger partial charge on any atom is -0.496 e. The maximum absolute atomic E-state index is 6.06. The van der Waals surface area contributed by atoms with E-state index < -0.39 is 0 Å². The summed E-state index contributed by atoms with van der Waals surface area (Å²) in [5, 5.41) is 6.69. The van der Waals surface area contributed by atoms with Crippen LogP contribution in [0.5, 0.6) is 5.75 Å². The molecule has 4 aromatic rings. The van der Waals surface area contributed by atoms with E-state index in [1.54, 1.807) is 18.9 Å². The van der Waals surface area contributed by atoms with E-state index in [2.05, 4.69) is 33.2 Å². The van der Waals surface area contributed by atoms with Crippen molar-refractivity contribution in [1.29, 1.82) is 0 Å². The van der Waals surface area contributed by atoms with Crippen molar-refractivity contribution in [2.75, 3.05) is 18.6 Å². The maximum atomic E-state index is 6.06. The van der Waals surface area contributed by atoms with Crippen LogP contribution in [-0.4, -0.2) is 37.6 Å². The summed E-state index contributed by atoms with van der Waals surface area (Å²) < 4.78 is 7.43. The quantitative estimate of drug-likeness (QED) is 0.487. The lowest BCUT2D eigenvalue weighted by molar-refractivity contribution is 0.406. The molecular weight excluding hydrogens is 408 g/mol. The van der Waals surface area contributed by atoms with Gasteiger partial charge in [0.25, 0.3) is 0 Å². The number of pyridine rings is 1. The van der Waals surface area contributed by atoms with Gasteiger partial charge in [0.1, 0.15) is 10.8 Å². The highest BCUT2D eigenvalue weighted by atomic mass is 32.2. The van der Waals surface area contributed by atoms with E-state index in [0.717, 1.165) is 50.1 Å². The fraction of sp³-hybridized carbons (Fsp3) is 0.217. The molecule has 1 aliphatic heterocycles. The van der Waals surface area contributed by atoms with E-state index in [1.165, 1.54) is 11.1 Å². The first-order valence-electron chi connectivity index (χ1n) is 9.97. The van der Waals surface area contributed by atoms with Crippen LogP contribution >= 0.6 is 11.8 Å². The average Bonchev–Trinajstić information content (AvgIpc) is 2.99. The Morgan fingerprint density at radius 1 is 1.16 bits per heavy atom. The molecule has 0 aliphatic carbocycles. The van der Waals surface area contributed by atoms with Crippen LogP contribution in [0.2, 0.25) is 0 Å². The fourth-order valence-electron chi connectivity index (χ4n) is 3.94. The van der Waals surface area contributed by atoms with Crippen molar-refractivity contribution in [2.45, 2.75) is 25.4 Å². The largest absolute Gasteiger partial charge is 0.496 e. The first kappa shape index (κ1) is 19.6. The Balaban J connectivity index is 1.65. The predicted molar refractivity (Wildman–Crippen MR) is 124 cm³/mol. The average molecular weight is 431 g/mol. The SMILES string of the molecule is COc1c(C)cnc(Cn2nc3c4c(nc(N)nc42)SCC(c2ccccc2)=C3)c1C. The Bertz CT molecular complexity index is 1330. The zero-order valence-electron chi connectivity index (χ0n) is 17.6.